The molecule has 1 saturated heterocycles. The van der Waals surface area contributed by atoms with Crippen molar-refractivity contribution in [1.29, 1.82) is 0 Å². The van der Waals surface area contributed by atoms with E-state index in [1.54, 1.807) is 4.90 Å². The van der Waals surface area contributed by atoms with Gasteiger partial charge >= 0.3 is 6.09 Å². The first-order chi connectivity index (χ1) is 7.65. The minimum absolute atomic E-state index is 0.200. The number of aliphatic hydroxyl groups excluding tert-OH is 1. The molecule has 1 aliphatic heterocycles. The Morgan fingerprint density at radius 2 is 2.06 bits per heavy atom. The van der Waals surface area contributed by atoms with Crippen LogP contribution in [0.4, 0.5) is 4.79 Å². The zero-order chi connectivity index (χ0) is 13.3. The minimum atomic E-state index is -0.457. The van der Waals surface area contributed by atoms with Crippen molar-refractivity contribution in [3.8, 4) is 0 Å². The lowest BCUT2D eigenvalue weighted by Crippen LogP contribution is -2.54. The maximum Gasteiger partial charge on any atom is 0.410 e. The molecule has 0 spiro atoms. The topological polar surface area (TPSA) is 49.8 Å². The largest absolute Gasteiger partial charge is 0.444 e. The summed E-state index contributed by atoms with van der Waals surface area (Å²) in [5.74, 6) is 0.295. The van der Waals surface area contributed by atoms with Crippen LogP contribution >= 0.6 is 0 Å². The Labute approximate surface area is 104 Å². The average molecular weight is 243 g/mol. The Bertz CT molecular complexity index is 281. The summed E-state index contributed by atoms with van der Waals surface area (Å²) in [5.41, 5.74) is -0.699. The van der Waals surface area contributed by atoms with E-state index >= 15 is 0 Å². The lowest BCUT2D eigenvalue weighted by atomic mass is 9.83. The summed E-state index contributed by atoms with van der Waals surface area (Å²) in [4.78, 5) is 13.8. The Hall–Kier alpha value is -0.770. The number of carbonyl (C=O) groups excluding carboxylic acids is 1. The van der Waals surface area contributed by atoms with E-state index in [-0.39, 0.29) is 18.2 Å². The van der Waals surface area contributed by atoms with Gasteiger partial charge in [-0.15, -0.1) is 0 Å². The van der Waals surface area contributed by atoms with Gasteiger partial charge in [0.05, 0.1) is 0 Å². The van der Waals surface area contributed by atoms with Crippen molar-refractivity contribution in [2.45, 2.75) is 58.6 Å². The van der Waals surface area contributed by atoms with Crippen molar-refractivity contribution < 1.29 is 14.6 Å². The van der Waals surface area contributed by atoms with Crippen LogP contribution in [-0.4, -0.2) is 40.4 Å². The predicted molar refractivity (Wildman–Crippen MR) is 66.8 cm³/mol. The minimum Gasteiger partial charge on any atom is -0.444 e. The van der Waals surface area contributed by atoms with E-state index in [4.69, 9.17) is 4.74 Å². The molecule has 0 unspecified atom stereocenters. The average Bonchev–Trinajstić information content (AvgIpc) is 2.12. The Morgan fingerprint density at radius 1 is 1.47 bits per heavy atom. The highest BCUT2D eigenvalue weighted by Gasteiger charge is 2.39. The normalized spacial score (nSPS) is 24.6. The first-order valence-corrected chi connectivity index (χ1v) is 6.27. The summed E-state index contributed by atoms with van der Waals surface area (Å²) in [6, 6.07) is 0. The molecular formula is C13H25NO3. The third kappa shape index (κ3) is 3.87. The van der Waals surface area contributed by atoms with Crippen LogP contribution in [0.25, 0.3) is 0 Å². The third-order valence-corrected chi connectivity index (χ3v) is 3.15. The lowest BCUT2D eigenvalue weighted by Gasteiger charge is -2.45. The highest BCUT2D eigenvalue weighted by Crippen LogP contribution is 2.32. The molecule has 0 bridgehead atoms. The fourth-order valence-electron chi connectivity index (χ4n) is 2.34. The molecule has 4 nitrogen and oxygen atoms in total. The van der Waals surface area contributed by atoms with Crippen molar-refractivity contribution in [3.63, 3.8) is 0 Å². The maximum absolute atomic E-state index is 12.1. The molecule has 1 rings (SSSR count). The van der Waals surface area contributed by atoms with Gasteiger partial charge in [-0.1, -0.05) is 0 Å². The van der Waals surface area contributed by atoms with Crippen molar-refractivity contribution >= 4 is 6.09 Å². The Balaban J connectivity index is 2.68. The summed E-state index contributed by atoms with van der Waals surface area (Å²) in [5, 5.41) is 9.20. The molecule has 0 aromatic heterocycles. The van der Waals surface area contributed by atoms with Crippen molar-refractivity contribution in [1.82, 2.24) is 4.90 Å². The van der Waals surface area contributed by atoms with Crippen LogP contribution in [0.2, 0.25) is 0 Å². The second-order valence-electron chi connectivity index (χ2n) is 6.49. The van der Waals surface area contributed by atoms with Crippen molar-refractivity contribution in [2.75, 3.05) is 13.2 Å². The molecule has 1 N–H and O–H groups in total. The first kappa shape index (κ1) is 14.3. The quantitative estimate of drug-likeness (QED) is 0.769. The van der Waals surface area contributed by atoms with Gasteiger partial charge in [0.15, 0.2) is 0 Å². The molecule has 1 atom stereocenters. The number of ether oxygens (including phenoxy) is 1. The molecule has 1 aliphatic rings. The summed E-state index contributed by atoms with van der Waals surface area (Å²) in [6.07, 6.45) is 1.42. The molecular weight excluding hydrogens is 218 g/mol. The van der Waals surface area contributed by atoms with Gasteiger partial charge in [0.1, 0.15) is 5.60 Å². The van der Waals surface area contributed by atoms with Gasteiger partial charge in [-0.2, -0.15) is 0 Å². The van der Waals surface area contributed by atoms with E-state index in [1.807, 2.05) is 34.6 Å². The highest BCUT2D eigenvalue weighted by atomic mass is 16.6. The number of piperidine rings is 1. The Morgan fingerprint density at radius 3 is 2.47 bits per heavy atom. The van der Waals surface area contributed by atoms with E-state index in [0.717, 1.165) is 12.8 Å². The second-order valence-corrected chi connectivity index (χ2v) is 6.49. The second kappa shape index (κ2) is 4.84. The molecule has 4 heteroatoms. The number of likely N-dealkylation sites (tertiary alicyclic amines) is 1. The van der Waals surface area contributed by atoms with Crippen molar-refractivity contribution in [2.24, 2.45) is 5.92 Å². The molecule has 1 heterocycles. The van der Waals surface area contributed by atoms with Crippen LogP contribution in [0.3, 0.4) is 0 Å². The zero-order valence-electron chi connectivity index (χ0n) is 11.6. The molecule has 0 aliphatic carbocycles. The van der Waals surface area contributed by atoms with E-state index in [2.05, 4.69) is 0 Å². The molecule has 17 heavy (non-hydrogen) atoms. The number of carbonyl (C=O) groups is 1. The summed E-state index contributed by atoms with van der Waals surface area (Å²) in [7, 11) is 0. The monoisotopic (exact) mass is 243 g/mol. The molecule has 0 aromatic rings. The molecule has 1 amide bonds. The number of aliphatic hydroxyl groups is 1. The predicted octanol–water partition coefficient (Wildman–Crippen LogP) is 2.40. The van der Waals surface area contributed by atoms with E-state index < -0.39 is 5.60 Å². The fourth-order valence-corrected chi connectivity index (χ4v) is 2.34. The smallest absolute Gasteiger partial charge is 0.410 e. The van der Waals surface area contributed by atoms with Crippen LogP contribution in [0.15, 0.2) is 0 Å². The Kier molecular flexibility index (Phi) is 4.07. The highest BCUT2D eigenvalue weighted by molar-refractivity contribution is 5.69. The number of nitrogens with zero attached hydrogens (tertiary/aromatic N) is 1. The summed E-state index contributed by atoms with van der Waals surface area (Å²) < 4.78 is 5.41. The van der Waals surface area contributed by atoms with Crippen LogP contribution in [0.1, 0.15) is 47.5 Å². The van der Waals surface area contributed by atoms with Crippen LogP contribution < -0.4 is 0 Å². The van der Waals surface area contributed by atoms with E-state index in [9.17, 15) is 9.90 Å². The van der Waals surface area contributed by atoms with Gasteiger partial charge < -0.3 is 14.7 Å². The van der Waals surface area contributed by atoms with Gasteiger partial charge in [-0.05, 0) is 53.4 Å². The van der Waals surface area contributed by atoms with Gasteiger partial charge in [0.25, 0.3) is 0 Å². The third-order valence-electron chi connectivity index (χ3n) is 3.15. The van der Waals surface area contributed by atoms with Gasteiger partial charge in [-0.25, -0.2) is 4.79 Å². The van der Waals surface area contributed by atoms with Gasteiger partial charge in [0, 0.05) is 18.7 Å². The lowest BCUT2D eigenvalue weighted by molar-refractivity contribution is -0.0198. The van der Waals surface area contributed by atoms with Gasteiger partial charge in [-0.3, -0.25) is 0 Å². The number of hydrogen-bond donors (Lipinski definition) is 1. The molecule has 0 radical (unpaired) electrons. The molecule has 0 saturated carbocycles. The van der Waals surface area contributed by atoms with E-state index in [1.165, 1.54) is 0 Å². The van der Waals surface area contributed by atoms with Gasteiger partial charge in [0.2, 0.25) is 0 Å². The van der Waals surface area contributed by atoms with Crippen LogP contribution in [0, 0.1) is 5.92 Å². The first-order valence-electron chi connectivity index (χ1n) is 6.27. The summed E-state index contributed by atoms with van der Waals surface area (Å²) in [6.45, 7) is 10.5. The van der Waals surface area contributed by atoms with Crippen LogP contribution in [0.5, 0.6) is 0 Å². The number of rotatable bonds is 1. The standard InChI is InChI=1S/C13H25NO3/c1-12(2,3)17-11(16)14-7-6-10(9-15)8-13(14,4)5/h10,15H,6-9H2,1-5H3/t10-/m0/s1. The van der Waals surface area contributed by atoms with E-state index in [0.29, 0.717) is 12.5 Å². The fraction of sp³-hybridized carbons (Fsp3) is 0.923. The van der Waals surface area contributed by atoms with Crippen molar-refractivity contribution in [3.05, 3.63) is 0 Å². The molecule has 0 aromatic carbocycles. The maximum atomic E-state index is 12.1. The SMILES string of the molecule is CC(C)(C)OC(=O)N1CC[C@H](CO)CC1(C)C. The van der Waals surface area contributed by atoms with Crippen LogP contribution in [-0.2, 0) is 4.74 Å². The number of hydrogen-bond acceptors (Lipinski definition) is 3. The zero-order valence-corrected chi connectivity index (χ0v) is 11.6. The molecule has 1 fully saturated rings. The number of amides is 1. The summed E-state index contributed by atoms with van der Waals surface area (Å²) >= 11 is 0. The molecule has 100 valence electrons.